The van der Waals surface area contributed by atoms with Gasteiger partial charge in [0.2, 0.25) is 0 Å². The third-order valence-corrected chi connectivity index (χ3v) is 25.5. The van der Waals surface area contributed by atoms with Crippen LogP contribution in [0.5, 0.6) is 0 Å². The van der Waals surface area contributed by atoms with Crippen molar-refractivity contribution in [2.75, 3.05) is 106 Å². The Morgan fingerprint density at radius 2 is 0.631 bits per heavy atom. The topological polar surface area (TPSA) is 124 Å². The van der Waals surface area contributed by atoms with Crippen LogP contribution in [-0.4, -0.2) is 133 Å². The van der Waals surface area contributed by atoms with Gasteiger partial charge in [-0.05, 0) is 57.2 Å². The molecule has 0 amide bonds. The van der Waals surface area contributed by atoms with E-state index in [1.54, 1.807) is 0 Å². The maximum absolute atomic E-state index is 10.8. The highest BCUT2D eigenvalue weighted by atomic mass is 28.4. The fraction of sp³-hybridized carbons (Fsp3) is 0.769. The van der Waals surface area contributed by atoms with E-state index in [1.807, 2.05) is 36.4 Å². The van der Waals surface area contributed by atoms with Crippen molar-refractivity contribution in [2.24, 2.45) is 10.8 Å². The number of rotatable bonds is 40. The molecule has 0 aromatic heterocycles. The lowest BCUT2D eigenvalue weighted by atomic mass is 9.87. The van der Waals surface area contributed by atoms with Gasteiger partial charge in [-0.2, -0.15) is 0 Å². The largest absolute Gasteiger partial charge is 0.415 e. The molecule has 11 nitrogen and oxygen atoms in total. The molecular formula is C52H94O11Si2. The van der Waals surface area contributed by atoms with E-state index in [0.29, 0.717) is 152 Å². The normalized spacial score (nSPS) is 14.7. The first-order chi connectivity index (χ1) is 31.1. The third kappa shape index (κ3) is 20.1. The average molecular weight is 951 g/mol. The lowest BCUT2D eigenvalue weighted by Gasteiger charge is -2.45. The molecule has 65 heavy (non-hydrogen) atoms. The van der Waals surface area contributed by atoms with Crippen LogP contribution in [0, 0.1) is 10.8 Å². The molecule has 0 aliphatic heterocycles. The Balaban J connectivity index is 1.71. The standard InChI is InChI=1S/C52H94O11Si2/c1-43(2)64(44(3)4,45(5)6)62-41-51(37-53,39-60-35-49-19-15-13-16-20-49)23-25-55-27-29-57-31-33-59-34-32-58-30-28-56-26-24-52(38-54,40-61-36-50-21-17-14-18-22-50)42-63-65(46(7)8,47(9)10)48(11)12/h13-22,43-48,53-54H,23-42H2,1-12H3. The number of aliphatic hydroxyl groups excluding tert-OH is 2. The quantitative estimate of drug-likeness (QED) is 0.0490. The van der Waals surface area contributed by atoms with Crippen molar-refractivity contribution in [1.29, 1.82) is 0 Å². The predicted molar refractivity (Wildman–Crippen MR) is 269 cm³/mol. The van der Waals surface area contributed by atoms with E-state index in [1.165, 1.54) is 0 Å². The number of aliphatic hydroxyl groups is 2. The van der Waals surface area contributed by atoms with Gasteiger partial charge in [-0.15, -0.1) is 0 Å². The van der Waals surface area contributed by atoms with Crippen LogP contribution in [0.4, 0.5) is 0 Å². The first-order valence-electron chi connectivity index (χ1n) is 24.7. The van der Waals surface area contributed by atoms with Crippen LogP contribution >= 0.6 is 0 Å². The second-order valence-electron chi connectivity index (χ2n) is 20.0. The molecule has 0 saturated carbocycles. The Kier molecular flexibility index (Phi) is 29.6. The molecule has 0 aliphatic rings. The number of benzene rings is 2. The van der Waals surface area contributed by atoms with Gasteiger partial charge in [0, 0.05) is 37.3 Å². The zero-order chi connectivity index (χ0) is 48.2. The summed E-state index contributed by atoms with van der Waals surface area (Å²) in [4.78, 5) is 0. The molecule has 2 unspecified atom stereocenters. The van der Waals surface area contributed by atoms with Crippen LogP contribution in [0.15, 0.2) is 60.7 Å². The molecule has 2 aromatic rings. The zero-order valence-electron chi connectivity index (χ0n) is 42.9. The molecule has 376 valence electrons. The molecule has 0 radical (unpaired) electrons. The Morgan fingerprint density at radius 1 is 0.369 bits per heavy atom. The van der Waals surface area contributed by atoms with Crippen molar-refractivity contribution in [1.82, 2.24) is 0 Å². The van der Waals surface area contributed by atoms with E-state index in [-0.39, 0.29) is 13.2 Å². The summed E-state index contributed by atoms with van der Waals surface area (Å²) >= 11 is 0. The van der Waals surface area contributed by atoms with Gasteiger partial charge in [-0.25, -0.2) is 0 Å². The molecule has 2 rings (SSSR count). The maximum Gasteiger partial charge on any atom is 0.200 e. The maximum atomic E-state index is 10.8. The van der Waals surface area contributed by atoms with Crippen LogP contribution in [-0.2, 0) is 55.2 Å². The van der Waals surface area contributed by atoms with Gasteiger partial charge in [0.1, 0.15) is 0 Å². The highest BCUT2D eigenvalue weighted by Gasteiger charge is 2.48. The third-order valence-electron chi connectivity index (χ3n) is 13.4. The Bertz CT molecular complexity index is 1300. The van der Waals surface area contributed by atoms with Crippen molar-refractivity contribution >= 4 is 16.6 Å². The van der Waals surface area contributed by atoms with Gasteiger partial charge in [0.25, 0.3) is 0 Å². The molecule has 0 aliphatic carbocycles. The van der Waals surface area contributed by atoms with Gasteiger partial charge < -0.3 is 52.2 Å². The number of ether oxygens (including phenoxy) is 7. The van der Waals surface area contributed by atoms with E-state index in [2.05, 4.69) is 107 Å². The monoisotopic (exact) mass is 951 g/mol. The first kappa shape index (κ1) is 59.6. The Hall–Kier alpha value is -1.57. The summed E-state index contributed by atoms with van der Waals surface area (Å²) in [5.41, 5.74) is 3.72. The minimum absolute atomic E-state index is 0.0428. The van der Waals surface area contributed by atoms with Crippen molar-refractivity contribution in [2.45, 2.75) is 142 Å². The van der Waals surface area contributed by atoms with Crippen molar-refractivity contribution in [3.05, 3.63) is 71.8 Å². The second-order valence-corrected chi connectivity index (χ2v) is 31.0. The van der Waals surface area contributed by atoms with Crippen molar-refractivity contribution in [3.63, 3.8) is 0 Å². The van der Waals surface area contributed by atoms with Crippen LogP contribution in [0.2, 0.25) is 33.2 Å². The van der Waals surface area contributed by atoms with Crippen LogP contribution in [0.25, 0.3) is 0 Å². The van der Waals surface area contributed by atoms with Crippen molar-refractivity contribution < 1.29 is 52.2 Å². The van der Waals surface area contributed by atoms with Crippen LogP contribution < -0.4 is 0 Å². The summed E-state index contributed by atoms with van der Waals surface area (Å²) in [7, 11) is -4.30. The average Bonchev–Trinajstić information content (AvgIpc) is 3.27. The summed E-state index contributed by atoms with van der Waals surface area (Å²) in [6.45, 7) is 34.5. The fourth-order valence-electron chi connectivity index (χ4n) is 9.75. The zero-order valence-corrected chi connectivity index (χ0v) is 44.9. The van der Waals surface area contributed by atoms with Gasteiger partial charge in [0.05, 0.1) is 92.5 Å². The molecule has 2 N–H and O–H groups in total. The van der Waals surface area contributed by atoms with Gasteiger partial charge in [0.15, 0.2) is 16.6 Å². The molecule has 2 aromatic carbocycles. The lowest BCUT2D eigenvalue weighted by Crippen LogP contribution is -2.51. The Morgan fingerprint density at radius 3 is 0.877 bits per heavy atom. The van der Waals surface area contributed by atoms with Crippen LogP contribution in [0.3, 0.4) is 0 Å². The summed E-state index contributed by atoms with van der Waals surface area (Å²) in [5, 5.41) is 21.6. The van der Waals surface area contributed by atoms with E-state index >= 15 is 0 Å². The molecular weight excluding hydrogens is 857 g/mol. The second kappa shape index (κ2) is 32.3. The fourth-order valence-corrected chi connectivity index (χ4v) is 20.9. The van der Waals surface area contributed by atoms with E-state index in [9.17, 15) is 10.2 Å². The molecule has 13 heteroatoms. The highest BCUT2D eigenvalue weighted by molar-refractivity contribution is 6.78. The molecule has 2 atom stereocenters. The summed E-state index contributed by atoms with van der Waals surface area (Å²) in [6.07, 6.45) is 1.23. The van der Waals surface area contributed by atoms with Crippen LogP contribution in [0.1, 0.15) is 107 Å². The predicted octanol–water partition coefficient (Wildman–Crippen LogP) is 10.6. The summed E-state index contributed by atoms with van der Waals surface area (Å²) in [5.74, 6) is 0. The van der Waals surface area contributed by atoms with E-state index in [0.717, 1.165) is 11.1 Å². The SMILES string of the molecule is CC(C)[Si](OCC(CO)(CCOCCOCCOCCOCCOCCC(CO)(COCc1ccccc1)CO[Si](C(C)C)(C(C)C)C(C)C)COCc1ccccc1)(C(C)C)C(C)C. The molecule has 0 saturated heterocycles. The molecule has 0 heterocycles. The number of hydrogen-bond acceptors (Lipinski definition) is 11. The highest BCUT2D eigenvalue weighted by Crippen LogP contribution is 2.45. The lowest BCUT2D eigenvalue weighted by molar-refractivity contribution is -0.0557. The minimum Gasteiger partial charge on any atom is -0.415 e. The first-order valence-corrected chi connectivity index (χ1v) is 29.0. The summed E-state index contributed by atoms with van der Waals surface area (Å²) in [6, 6.07) is 20.3. The molecule has 0 spiro atoms. The van der Waals surface area contributed by atoms with Crippen molar-refractivity contribution in [3.8, 4) is 0 Å². The Labute approximate surface area is 398 Å². The smallest absolute Gasteiger partial charge is 0.200 e. The number of hydrogen-bond donors (Lipinski definition) is 2. The van der Waals surface area contributed by atoms with E-state index < -0.39 is 27.5 Å². The van der Waals surface area contributed by atoms with Gasteiger partial charge >= 0.3 is 0 Å². The molecule has 0 bridgehead atoms. The molecule has 0 fully saturated rings. The minimum atomic E-state index is -2.15. The van der Waals surface area contributed by atoms with Gasteiger partial charge in [-0.3, -0.25) is 0 Å². The van der Waals surface area contributed by atoms with E-state index in [4.69, 9.17) is 42.0 Å². The summed E-state index contributed by atoms with van der Waals surface area (Å²) < 4.78 is 55.7. The van der Waals surface area contributed by atoms with Gasteiger partial charge in [-0.1, -0.05) is 144 Å².